The molecule has 7 heteroatoms. The molecule has 0 N–H and O–H groups in total. The van der Waals surface area contributed by atoms with Crippen LogP contribution in [0.5, 0.6) is 23.0 Å². The molecule has 0 heterocycles. The summed E-state index contributed by atoms with van der Waals surface area (Å²) >= 11 is 0. The van der Waals surface area contributed by atoms with Gasteiger partial charge in [-0.25, -0.2) is 0 Å². The lowest BCUT2D eigenvalue weighted by Gasteiger charge is -2.21. The van der Waals surface area contributed by atoms with E-state index < -0.39 is 5.92 Å². The van der Waals surface area contributed by atoms with Crippen molar-refractivity contribution in [2.24, 2.45) is 0 Å². The van der Waals surface area contributed by atoms with Gasteiger partial charge in [0.05, 0.1) is 33.4 Å². The van der Waals surface area contributed by atoms with Gasteiger partial charge >= 0.3 is 0 Å². The van der Waals surface area contributed by atoms with Crippen LogP contribution < -0.4 is 18.9 Å². The van der Waals surface area contributed by atoms with Crippen LogP contribution in [0.4, 0.5) is 5.69 Å². The normalized spacial score (nSPS) is 10.6. The van der Waals surface area contributed by atoms with Crippen molar-refractivity contribution in [3.05, 3.63) is 87.5 Å². The Balaban J connectivity index is 2.27. The van der Waals surface area contributed by atoms with Gasteiger partial charge in [0.2, 0.25) is 0 Å². The van der Waals surface area contributed by atoms with Gasteiger partial charge in [-0.15, -0.1) is 0 Å². The summed E-state index contributed by atoms with van der Waals surface area (Å²) < 4.78 is 21.6. The highest BCUT2D eigenvalue weighted by Gasteiger charge is 2.26. The topological polar surface area (TPSA) is 80.1 Å². The van der Waals surface area contributed by atoms with Crippen molar-refractivity contribution in [3.8, 4) is 23.0 Å². The maximum absolute atomic E-state index is 11.8. The molecule has 0 aromatic heterocycles. The van der Waals surface area contributed by atoms with Gasteiger partial charge in [0.15, 0.2) is 23.0 Å². The van der Waals surface area contributed by atoms with Crippen LogP contribution in [0.2, 0.25) is 0 Å². The van der Waals surface area contributed by atoms with Crippen LogP contribution in [0.1, 0.15) is 22.6 Å². The number of rotatable bonds is 8. The summed E-state index contributed by atoms with van der Waals surface area (Å²) in [5.74, 6) is 1.80. The van der Waals surface area contributed by atoms with Gasteiger partial charge in [-0.05, 0) is 35.4 Å². The lowest BCUT2D eigenvalue weighted by Crippen LogP contribution is -2.08. The van der Waals surface area contributed by atoms with Gasteiger partial charge in [0, 0.05) is 17.5 Å². The summed E-state index contributed by atoms with van der Waals surface area (Å²) in [5, 5.41) is 11.8. The van der Waals surface area contributed by atoms with Crippen molar-refractivity contribution in [2.75, 3.05) is 28.4 Å². The molecule has 0 saturated carbocycles. The zero-order chi connectivity index (χ0) is 21.7. The number of hydrogen-bond donors (Lipinski definition) is 0. The molecule has 3 aromatic rings. The van der Waals surface area contributed by atoms with E-state index in [1.54, 1.807) is 58.8 Å². The molecule has 156 valence electrons. The van der Waals surface area contributed by atoms with E-state index in [1.165, 1.54) is 6.07 Å². The highest BCUT2D eigenvalue weighted by atomic mass is 16.6. The Morgan fingerprint density at radius 3 is 1.60 bits per heavy atom. The fourth-order valence-corrected chi connectivity index (χ4v) is 3.51. The molecule has 0 unspecified atom stereocenters. The first-order valence-electron chi connectivity index (χ1n) is 9.21. The van der Waals surface area contributed by atoms with E-state index in [1.807, 2.05) is 24.3 Å². The van der Waals surface area contributed by atoms with Gasteiger partial charge < -0.3 is 18.9 Å². The Bertz CT molecular complexity index is 994. The highest BCUT2D eigenvalue weighted by molar-refractivity contribution is 5.57. The average Bonchev–Trinajstić information content (AvgIpc) is 2.79. The van der Waals surface area contributed by atoms with Crippen molar-refractivity contribution >= 4 is 5.69 Å². The first-order valence-corrected chi connectivity index (χ1v) is 9.21. The second kappa shape index (κ2) is 9.17. The second-order valence-corrected chi connectivity index (χ2v) is 6.48. The molecule has 0 atom stereocenters. The lowest BCUT2D eigenvalue weighted by atomic mass is 9.84. The summed E-state index contributed by atoms with van der Waals surface area (Å²) in [5.41, 5.74) is 2.22. The van der Waals surface area contributed by atoms with Crippen molar-refractivity contribution < 1.29 is 23.9 Å². The second-order valence-electron chi connectivity index (χ2n) is 6.48. The third-order valence-corrected chi connectivity index (χ3v) is 4.93. The number of ether oxygens (including phenoxy) is 4. The molecule has 7 nitrogen and oxygen atoms in total. The minimum Gasteiger partial charge on any atom is -0.493 e. The SMILES string of the molecule is COc1ccc(C(c2ccc(OC)c(OC)c2)c2ccccc2[N+](=O)[O-])cc1OC. The van der Waals surface area contributed by atoms with E-state index in [2.05, 4.69) is 0 Å². The van der Waals surface area contributed by atoms with Crippen LogP contribution in [0.3, 0.4) is 0 Å². The van der Waals surface area contributed by atoms with Crippen molar-refractivity contribution in [1.82, 2.24) is 0 Å². The molecule has 0 aliphatic rings. The number of para-hydroxylation sites is 1. The molecule has 0 aliphatic heterocycles. The molecule has 3 rings (SSSR count). The molecule has 3 aromatic carbocycles. The molecular formula is C23H23NO6. The Morgan fingerprint density at radius 1 is 0.700 bits per heavy atom. The van der Waals surface area contributed by atoms with E-state index in [-0.39, 0.29) is 10.6 Å². The standard InChI is InChI=1S/C23H23NO6/c1-27-19-11-9-15(13-21(19)29-3)23(17-7-5-6-8-18(17)24(25)26)16-10-12-20(28-2)22(14-16)30-4/h5-14,23H,1-4H3. The van der Waals surface area contributed by atoms with Gasteiger partial charge in [-0.3, -0.25) is 10.1 Å². The predicted molar refractivity (Wildman–Crippen MR) is 113 cm³/mol. The number of nitro benzene ring substituents is 1. The molecule has 0 fully saturated rings. The van der Waals surface area contributed by atoms with Gasteiger partial charge in [0.25, 0.3) is 5.69 Å². The monoisotopic (exact) mass is 409 g/mol. The fraction of sp³-hybridized carbons (Fsp3) is 0.217. The quantitative estimate of drug-likeness (QED) is 0.302. The van der Waals surface area contributed by atoms with Crippen molar-refractivity contribution in [2.45, 2.75) is 5.92 Å². The van der Waals surface area contributed by atoms with Crippen LogP contribution in [0.25, 0.3) is 0 Å². The van der Waals surface area contributed by atoms with E-state index >= 15 is 0 Å². The van der Waals surface area contributed by atoms with Gasteiger partial charge in [0.1, 0.15) is 0 Å². The molecule has 0 saturated heterocycles. The third kappa shape index (κ3) is 4.00. The number of nitro groups is 1. The number of methoxy groups -OCH3 is 4. The number of nitrogens with zero attached hydrogens (tertiary/aromatic N) is 1. The molecule has 0 bridgehead atoms. The van der Waals surface area contributed by atoms with Gasteiger partial charge in [-0.2, -0.15) is 0 Å². The lowest BCUT2D eigenvalue weighted by molar-refractivity contribution is -0.385. The summed E-state index contributed by atoms with van der Waals surface area (Å²) in [6, 6.07) is 17.7. The summed E-state index contributed by atoms with van der Waals surface area (Å²) in [4.78, 5) is 11.4. The summed E-state index contributed by atoms with van der Waals surface area (Å²) in [6.07, 6.45) is 0. The maximum Gasteiger partial charge on any atom is 0.273 e. The third-order valence-electron chi connectivity index (χ3n) is 4.93. The molecular weight excluding hydrogens is 386 g/mol. The number of hydrogen-bond acceptors (Lipinski definition) is 6. The zero-order valence-corrected chi connectivity index (χ0v) is 17.2. The van der Waals surface area contributed by atoms with E-state index in [0.717, 1.165) is 11.1 Å². The van der Waals surface area contributed by atoms with E-state index in [0.29, 0.717) is 28.6 Å². The zero-order valence-electron chi connectivity index (χ0n) is 17.2. The highest BCUT2D eigenvalue weighted by Crippen LogP contribution is 2.42. The van der Waals surface area contributed by atoms with Crippen molar-refractivity contribution in [3.63, 3.8) is 0 Å². The van der Waals surface area contributed by atoms with Crippen LogP contribution in [-0.4, -0.2) is 33.4 Å². The largest absolute Gasteiger partial charge is 0.493 e. The Kier molecular flexibility index (Phi) is 6.41. The summed E-state index contributed by atoms with van der Waals surface area (Å²) in [6.45, 7) is 0. The first kappa shape index (κ1) is 21.0. The number of benzene rings is 3. The van der Waals surface area contributed by atoms with Gasteiger partial charge in [-0.1, -0.05) is 30.3 Å². The van der Waals surface area contributed by atoms with Crippen LogP contribution >= 0.6 is 0 Å². The Hall–Kier alpha value is -3.74. The van der Waals surface area contributed by atoms with Crippen LogP contribution in [-0.2, 0) is 0 Å². The van der Waals surface area contributed by atoms with Crippen molar-refractivity contribution in [1.29, 1.82) is 0 Å². The smallest absolute Gasteiger partial charge is 0.273 e. The predicted octanol–water partition coefficient (Wildman–Crippen LogP) is 4.81. The summed E-state index contributed by atoms with van der Waals surface area (Å²) in [7, 11) is 6.23. The van der Waals surface area contributed by atoms with Crippen LogP contribution in [0, 0.1) is 10.1 Å². The maximum atomic E-state index is 11.8. The Morgan fingerprint density at radius 2 is 1.17 bits per heavy atom. The molecule has 0 aliphatic carbocycles. The van der Waals surface area contributed by atoms with Crippen LogP contribution in [0.15, 0.2) is 60.7 Å². The molecule has 0 radical (unpaired) electrons. The molecule has 30 heavy (non-hydrogen) atoms. The van der Waals surface area contributed by atoms with E-state index in [9.17, 15) is 10.1 Å². The first-order chi connectivity index (χ1) is 14.5. The minimum atomic E-state index is -0.439. The molecule has 0 spiro atoms. The molecule has 0 amide bonds. The fourth-order valence-electron chi connectivity index (χ4n) is 3.51. The minimum absolute atomic E-state index is 0.0343. The average molecular weight is 409 g/mol. The Labute approximate surface area is 174 Å². The van der Waals surface area contributed by atoms with E-state index in [4.69, 9.17) is 18.9 Å².